The zero-order valence-electron chi connectivity index (χ0n) is 14.5. The van der Waals surface area contributed by atoms with Gasteiger partial charge in [-0.3, -0.25) is 4.99 Å². The molecule has 0 heterocycles. The largest absolute Gasteiger partial charge is 0.399 e. The van der Waals surface area contributed by atoms with Crippen LogP contribution in [0.1, 0.15) is 49.3 Å². The maximum Gasteiger partial charge on any atom is 0.0786 e. The summed E-state index contributed by atoms with van der Waals surface area (Å²) in [5, 5.41) is 0. The number of nitrogens with two attached hydrogens (primary N) is 1. The standard InChI is InChI=1S/C21H26N2.2ClH/c22-20-14-8-7-13-19(20)15-21(18-11-5-2-6-12-18)23-16-17-9-3-1-4-10-17;;/h2,5-8,11-14,16-17,21H,1,3-4,9-10,15,22H2;2*1H. The average molecular weight is 379 g/mol. The molecular formula is C21H28Cl2N2. The Morgan fingerprint density at radius 1 is 0.920 bits per heavy atom. The van der Waals surface area contributed by atoms with E-state index < -0.39 is 0 Å². The molecule has 0 radical (unpaired) electrons. The lowest BCUT2D eigenvalue weighted by Gasteiger charge is -2.19. The van der Waals surface area contributed by atoms with E-state index in [9.17, 15) is 0 Å². The van der Waals surface area contributed by atoms with Crippen molar-refractivity contribution < 1.29 is 0 Å². The van der Waals surface area contributed by atoms with Gasteiger partial charge in [-0.05, 0) is 36.0 Å². The fraction of sp³-hybridized carbons (Fsp3) is 0.381. The zero-order valence-corrected chi connectivity index (χ0v) is 16.1. The molecule has 1 atom stereocenters. The molecule has 0 spiro atoms. The topological polar surface area (TPSA) is 38.4 Å². The molecule has 4 heteroatoms. The Balaban J connectivity index is 0.00000156. The molecule has 0 aliphatic heterocycles. The van der Waals surface area contributed by atoms with E-state index in [1.54, 1.807) is 0 Å². The molecule has 0 amide bonds. The predicted molar refractivity (Wildman–Crippen MR) is 113 cm³/mol. The summed E-state index contributed by atoms with van der Waals surface area (Å²) in [4.78, 5) is 4.97. The van der Waals surface area contributed by atoms with Gasteiger partial charge in [-0.2, -0.15) is 0 Å². The van der Waals surface area contributed by atoms with Crippen molar-refractivity contribution in [2.75, 3.05) is 5.73 Å². The minimum atomic E-state index is 0. The van der Waals surface area contributed by atoms with Crippen LogP contribution in [0.2, 0.25) is 0 Å². The van der Waals surface area contributed by atoms with Crippen molar-refractivity contribution in [1.82, 2.24) is 0 Å². The van der Waals surface area contributed by atoms with E-state index in [4.69, 9.17) is 10.7 Å². The van der Waals surface area contributed by atoms with Crippen LogP contribution in [0.25, 0.3) is 0 Å². The first-order valence-electron chi connectivity index (χ1n) is 8.74. The summed E-state index contributed by atoms with van der Waals surface area (Å²) in [5.41, 5.74) is 9.45. The molecule has 1 fully saturated rings. The lowest BCUT2D eigenvalue weighted by Crippen LogP contribution is -2.09. The smallest absolute Gasteiger partial charge is 0.0786 e. The van der Waals surface area contributed by atoms with E-state index in [1.165, 1.54) is 43.2 Å². The van der Waals surface area contributed by atoms with Gasteiger partial charge in [-0.25, -0.2) is 0 Å². The van der Waals surface area contributed by atoms with E-state index in [2.05, 4.69) is 48.7 Å². The van der Waals surface area contributed by atoms with Crippen LogP contribution in [-0.2, 0) is 6.42 Å². The SMILES string of the molecule is Cl.Cl.Nc1ccccc1CC(N=CC1CCCCC1)c1ccccc1. The third kappa shape index (κ3) is 6.37. The number of halogens is 2. The van der Waals surface area contributed by atoms with E-state index in [0.717, 1.165) is 12.1 Å². The third-order valence-corrected chi connectivity index (χ3v) is 4.78. The van der Waals surface area contributed by atoms with Crippen molar-refractivity contribution >= 4 is 36.7 Å². The summed E-state index contributed by atoms with van der Waals surface area (Å²) in [6.45, 7) is 0. The minimum Gasteiger partial charge on any atom is -0.399 e. The van der Waals surface area contributed by atoms with E-state index in [-0.39, 0.29) is 30.9 Å². The maximum atomic E-state index is 6.13. The third-order valence-electron chi connectivity index (χ3n) is 4.78. The van der Waals surface area contributed by atoms with Crippen LogP contribution in [0.4, 0.5) is 5.69 Å². The second-order valence-electron chi connectivity index (χ2n) is 6.53. The molecule has 136 valence electrons. The van der Waals surface area contributed by atoms with Gasteiger partial charge in [0.2, 0.25) is 0 Å². The van der Waals surface area contributed by atoms with E-state index in [1.807, 2.05) is 12.1 Å². The van der Waals surface area contributed by atoms with Crippen LogP contribution in [0.3, 0.4) is 0 Å². The molecule has 1 aliphatic rings. The number of aliphatic imine (C=N–C) groups is 1. The molecule has 3 rings (SSSR count). The number of anilines is 1. The van der Waals surface area contributed by atoms with E-state index >= 15 is 0 Å². The molecule has 1 unspecified atom stereocenters. The molecule has 2 nitrogen and oxygen atoms in total. The summed E-state index contributed by atoms with van der Waals surface area (Å²) < 4.78 is 0. The van der Waals surface area contributed by atoms with Crippen molar-refractivity contribution in [3.05, 3.63) is 65.7 Å². The van der Waals surface area contributed by atoms with Gasteiger partial charge in [-0.15, -0.1) is 24.8 Å². The fourth-order valence-electron chi connectivity index (χ4n) is 3.37. The fourth-order valence-corrected chi connectivity index (χ4v) is 3.37. The van der Waals surface area contributed by atoms with Gasteiger partial charge in [0.1, 0.15) is 0 Å². The molecule has 0 saturated heterocycles. The van der Waals surface area contributed by atoms with E-state index in [0.29, 0.717) is 5.92 Å². The second-order valence-corrected chi connectivity index (χ2v) is 6.53. The molecule has 2 aromatic rings. The van der Waals surface area contributed by atoms with Crippen LogP contribution in [0.15, 0.2) is 59.6 Å². The Kier molecular flexibility index (Phi) is 9.62. The molecule has 2 N–H and O–H groups in total. The zero-order chi connectivity index (χ0) is 15.9. The molecule has 1 aliphatic carbocycles. The summed E-state index contributed by atoms with van der Waals surface area (Å²) in [6, 6.07) is 18.9. The Labute approximate surface area is 163 Å². The summed E-state index contributed by atoms with van der Waals surface area (Å²) in [6.07, 6.45) is 9.73. The van der Waals surface area contributed by atoms with Crippen molar-refractivity contribution in [1.29, 1.82) is 0 Å². The van der Waals surface area contributed by atoms with Gasteiger partial charge < -0.3 is 5.73 Å². The number of hydrogen-bond acceptors (Lipinski definition) is 2. The van der Waals surface area contributed by atoms with Crippen LogP contribution in [0, 0.1) is 5.92 Å². The molecule has 1 saturated carbocycles. The predicted octanol–water partition coefficient (Wildman–Crippen LogP) is 6.05. The highest BCUT2D eigenvalue weighted by molar-refractivity contribution is 5.85. The van der Waals surface area contributed by atoms with Crippen molar-refractivity contribution in [2.24, 2.45) is 10.9 Å². The minimum absolute atomic E-state index is 0. The second kappa shape index (κ2) is 11.2. The molecule has 25 heavy (non-hydrogen) atoms. The lowest BCUT2D eigenvalue weighted by atomic mass is 9.90. The quantitative estimate of drug-likeness (QED) is 0.499. The first kappa shape index (κ1) is 21.5. The lowest BCUT2D eigenvalue weighted by molar-refractivity contribution is 0.443. The first-order chi connectivity index (χ1) is 11.3. The molecular weight excluding hydrogens is 351 g/mol. The first-order valence-corrected chi connectivity index (χ1v) is 8.74. The number of rotatable bonds is 5. The van der Waals surface area contributed by atoms with Gasteiger partial charge in [0.15, 0.2) is 0 Å². The van der Waals surface area contributed by atoms with Crippen molar-refractivity contribution in [3.8, 4) is 0 Å². The van der Waals surface area contributed by atoms with Crippen molar-refractivity contribution in [3.63, 3.8) is 0 Å². The highest BCUT2D eigenvalue weighted by Gasteiger charge is 2.15. The highest BCUT2D eigenvalue weighted by atomic mass is 35.5. The average Bonchev–Trinajstić information content (AvgIpc) is 2.62. The summed E-state index contributed by atoms with van der Waals surface area (Å²) in [7, 11) is 0. The normalized spacial score (nSPS) is 16.0. The van der Waals surface area contributed by atoms with Crippen LogP contribution >= 0.6 is 24.8 Å². The van der Waals surface area contributed by atoms with Gasteiger partial charge >= 0.3 is 0 Å². The molecule has 0 bridgehead atoms. The number of para-hydroxylation sites is 1. The van der Waals surface area contributed by atoms with Crippen LogP contribution < -0.4 is 5.73 Å². The highest BCUT2D eigenvalue weighted by Crippen LogP contribution is 2.27. The van der Waals surface area contributed by atoms with Gasteiger partial charge in [-0.1, -0.05) is 67.8 Å². The maximum absolute atomic E-state index is 6.13. The molecule has 2 aromatic carbocycles. The Bertz CT molecular complexity index is 637. The monoisotopic (exact) mass is 378 g/mol. The van der Waals surface area contributed by atoms with Gasteiger partial charge in [0, 0.05) is 18.3 Å². The van der Waals surface area contributed by atoms with Crippen LogP contribution in [0.5, 0.6) is 0 Å². The van der Waals surface area contributed by atoms with Crippen molar-refractivity contribution in [2.45, 2.75) is 44.6 Å². The number of nitrogens with zero attached hydrogens (tertiary/aromatic N) is 1. The molecule has 0 aromatic heterocycles. The number of benzene rings is 2. The summed E-state index contributed by atoms with van der Waals surface area (Å²) in [5.74, 6) is 0.656. The van der Waals surface area contributed by atoms with Gasteiger partial charge in [0.25, 0.3) is 0 Å². The Hall–Kier alpha value is -1.51. The summed E-state index contributed by atoms with van der Waals surface area (Å²) >= 11 is 0. The van der Waals surface area contributed by atoms with Gasteiger partial charge in [0.05, 0.1) is 6.04 Å². The Morgan fingerprint density at radius 3 is 2.24 bits per heavy atom. The van der Waals surface area contributed by atoms with Crippen LogP contribution in [-0.4, -0.2) is 6.21 Å². The number of nitrogen functional groups attached to an aromatic ring is 1. The Morgan fingerprint density at radius 2 is 1.56 bits per heavy atom. The number of hydrogen-bond donors (Lipinski definition) is 1.